The number of aromatic nitrogens is 4. The van der Waals surface area contributed by atoms with Gasteiger partial charge in [0.25, 0.3) is 0 Å². The Morgan fingerprint density at radius 1 is 1.27 bits per heavy atom. The molecule has 1 aliphatic rings. The number of amides is 1. The number of thioether (sulfide) groups is 1. The molecule has 0 aliphatic heterocycles. The number of nitrogens with zero attached hydrogens (tertiary/aromatic N) is 3. The molecule has 1 saturated carbocycles. The van der Waals surface area contributed by atoms with Crippen molar-refractivity contribution in [3.05, 3.63) is 23.8 Å². The van der Waals surface area contributed by atoms with E-state index in [1.54, 1.807) is 0 Å². The van der Waals surface area contributed by atoms with Gasteiger partial charge in [0.1, 0.15) is 5.52 Å². The Morgan fingerprint density at radius 3 is 2.92 bits per heavy atom. The van der Waals surface area contributed by atoms with Gasteiger partial charge in [0.05, 0.1) is 5.75 Å². The van der Waals surface area contributed by atoms with Crippen molar-refractivity contribution < 1.29 is 4.79 Å². The Labute approximate surface area is 156 Å². The van der Waals surface area contributed by atoms with Crippen molar-refractivity contribution in [1.29, 1.82) is 0 Å². The number of H-pyrrole nitrogens is 1. The van der Waals surface area contributed by atoms with E-state index in [4.69, 9.17) is 0 Å². The fourth-order valence-electron chi connectivity index (χ4n) is 3.53. The number of carbonyl (C=O) groups excluding carboxylic acids is 1. The molecule has 1 aliphatic carbocycles. The summed E-state index contributed by atoms with van der Waals surface area (Å²) in [7, 11) is 0. The predicted octanol–water partition coefficient (Wildman–Crippen LogP) is 3.61. The van der Waals surface area contributed by atoms with Crippen LogP contribution in [0, 0.1) is 0 Å². The summed E-state index contributed by atoms with van der Waals surface area (Å²) in [5, 5.41) is 13.2. The third kappa shape index (κ3) is 3.67. The number of benzene rings is 1. The van der Waals surface area contributed by atoms with Crippen LogP contribution in [0.2, 0.25) is 0 Å². The van der Waals surface area contributed by atoms with E-state index < -0.39 is 0 Å². The minimum atomic E-state index is 0.0508. The van der Waals surface area contributed by atoms with E-state index in [-0.39, 0.29) is 5.91 Å². The van der Waals surface area contributed by atoms with Crippen LogP contribution in [0.25, 0.3) is 22.1 Å². The minimum absolute atomic E-state index is 0.0508. The van der Waals surface area contributed by atoms with Crippen LogP contribution in [0.1, 0.15) is 44.6 Å². The molecule has 0 atom stereocenters. The van der Waals surface area contributed by atoms with Crippen molar-refractivity contribution >= 4 is 39.7 Å². The van der Waals surface area contributed by atoms with Crippen molar-refractivity contribution in [1.82, 2.24) is 25.5 Å². The molecule has 0 spiro atoms. The number of hydrogen-bond acceptors (Lipinski definition) is 5. The van der Waals surface area contributed by atoms with Gasteiger partial charge in [-0.15, -0.1) is 10.2 Å². The van der Waals surface area contributed by atoms with Gasteiger partial charge < -0.3 is 10.3 Å². The molecule has 26 heavy (non-hydrogen) atoms. The highest BCUT2D eigenvalue weighted by Crippen LogP contribution is 2.25. The smallest absolute Gasteiger partial charge is 0.230 e. The monoisotopic (exact) mass is 369 g/mol. The first-order valence-electron chi connectivity index (χ1n) is 9.30. The zero-order valence-corrected chi connectivity index (χ0v) is 15.7. The molecule has 0 saturated heterocycles. The summed E-state index contributed by atoms with van der Waals surface area (Å²) in [5.74, 6) is 0.374. The minimum Gasteiger partial charge on any atom is -0.353 e. The Hall–Kier alpha value is -2.15. The second kappa shape index (κ2) is 7.61. The zero-order valence-electron chi connectivity index (χ0n) is 14.9. The molecule has 0 unspecified atom stereocenters. The van der Waals surface area contributed by atoms with Crippen LogP contribution in [0.4, 0.5) is 0 Å². The van der Waals surface area contributed by atoms with Gasteiger partial charge in [0, 0.05) is 16.9 Å². The van der Waals surface area contributed by atoms with Crippen LogP contribution in [-0.4, -0.2) is 37.9 Å². The van der Waals surface area contributed by atoms with Crippen LogP contribution >= 0.6 is 11.8 Å². The quantitative estimate of drug-likeness (QED) is 0.671. The van der Waals surface area contributed by atoms with Gasteiger partial charge in [0.2, 0.25) is 11.1 Å². The predicted molar refractivity (Wildman–Crippen MR) is 104 cm³/mol. The summed E-state index contributed by atoms with van der Waals surface area (Å²) in [6.45, 7) is 2.13. The van der Waals surface area contributed by atoms with Crippen molar-refractivity contribution in [3.8, 4) is 0 Å². The molecule has 0 bridgehead atoms. The summed E-state index contributed by atoms with van der Waals surface area (Å²) in [5.41, 5.74) is 3.78. The molecule has 136 valence electrons. The van der Waals surface area contributed by atoms with Crippen molar-refractivity contribution in [2.45, 2.75) is 56.6 Å². The van der Waals surface area contributed by atoms with Gasteiger partial charge in [-0.2, -0.15) is 0 Å². The van der Waals surface area contributed by atoms with Gasteiger partial charge >= 0.3 is 0 Å². The van der Waals surface area contributed by atoms with E-state index in [0.717, 1.165) is 41.3 Å². The van der Waals surface area contributed by atoms with Crippen LogP contribution in [0.15, 0.2) is 23.4 Å². The fraction of sp³-hybridized carbons (Fsp3) is 0.474. The molecular weight excluding hydrogens is 346 g/mol. The summed E-state index contributed by atoms with van der Waals surface area (Å²) in [6.07, 6.45) is 6.87. The van der Waals surface area contributed by atoms with E-state index in [0.29, 0.717) is 17.0 Å². The fourth-order valence-corrected chi connectivity index (χ4v) is 4.13. The highest BCUT2D eigenvalue weighted by Gasteiger charge is 2.16. The Balaban J connectivity index is 1.45. The normalized spacial score (nSPS) is 15.6. The summed E-state index contributed by atoms with van der Waals surface area (Å²) >= 11 is 1.33. The molecule has 2 N–H and O–H groups in total. The SMILES string of the molecule is CCc1ccc2[nH]c3nc(SCC(=O)NC4CCCCC4)nnc3c2c1. The lowest BCUT2D eigenvalue weighted by Gasteiger charge is -2.22. The summed E-state index contributed by atoms with van der Waals surface area (Å²) in [4.78, 5) is 20.0. The second-order valence-corrected chi connectivity index (χ2v) is 7.78. The van der Waals surface area contributed by atoms with Crippen LogP contribution in [0.3, 0.4) is 0 Å². The molecule has 1 fully saturated rings. The maximum atomic E-state index is 12.1. The first kappa shape index (κ1) is 17.3. The lowest BCUT2D eigenvalue weighted by Crippen LogP contribution is -2.37. The Bertz CT molecular complexity index is 932. The van der Waals surface area contributed by atoms with Crippen LogP contribution in [0.5, 0.6) is 0 Å². The van der Waals surface area contributed by atoms with Crippen molar-refractivity contribution in [3.63, 3.8) is 0 Å². The number of fused-ring (bicyclic) bond motifs is 3. The van der Waals surface area contributed by atoms with Gasteiger partial charge in [-0.1, -0.05) is 44.0 Å². The van der Waals surface area contributed by atoms with E-state index >= 15 is 0 Å². The molecule has 2 aromatic heterocycles. The van der Waals surface area contributed by atoms with Crippen LogP contribution in [-0.2, 0) is 11.2 Å². The first-order valence-corrected chi connectivity index (χ1v) is 10.3. The maximum absolute atomic E-state index is 12.1. The number of carbonyl (C=O) groups is 1. The number of aromatic amines is 1. The molecular formula is C19H23N5OS. The number of hydrogen-bond donors (Lipinski definition) is 2. The summed E-state index contributed by atoms with van der Waals surface area (Å²) < 4.78 is 0. The Kier molecular flexibility index (Phi) is 5.06. The molecule has 2 heterocycles. The molecule has 7 heteroatoms. The lowest BCUT2D eigenvalue weighted by molar-refractivity contribution is -0.119. The lowest BCUT2D eigenvalue weighted by atomic mass is 9.95. The summed E-state index contributed by atoms with van der Waals surface area (Å²) in [6, 6.07) is 6.63. The molecule has 0 radical (unpaired) electrons. The largest absolute Gasteiger partial charge is 0.353 e. The molecule has 3 aromatic rings. The highest BCUT2D eigenvalue weighted by molar-refractivity contribution is 7.99. The van der Waals surface area contributed by atoms with Gasteiger partial charge in [-0.05, 0) is 37.0 Å². The maximum Gasteiger partial charge on any atom is 0.230 e. The van der Waals surface area contributed by atoms with E-state index in [9.17, 15) is 4.79 Å². The van der Waals surface area contributed by atoms with E-state index in [1.807, 2.05) is 0 Å². The molecule has 1 amide bonds. The third-order valence-corrected chi connectivity index (χ3v) is 5.81. The van der Waals surface area contributed by atoms with E-state index in [2.05, 4.69) is 50.6 Å². The average molecular weight is 369 g/mol. The van der Waals surface area contributed by atoms with Crippen LogP contribution < -0.4 is 5.32 Å². The van der Waals surface area contributed by atoms with Gasteiger partial charge in [-0.25, -0.2) is 4.98 Å². The van der Waals surface area contributed by atoms with Crippen molar-refractivity contribution in [2.75, 3.05) is 5.75 Å². The average Bonchev–Trinajstić information content (AvgIpc) is 3.04. The number of nitrogens with one attached hydrogen (secondary N) is 2. The van der Waals surface area contributed by atoms with Gasteiger partial charge in [0.15, 0.2) is 5.65 Å². The van der Waals surface area contributed by atoms with E-state index in [1.165, 1.54) is 36.6 Å². The molecule has 4 rings (SSSR count). The third-order valence-electron chi connectivity index (χ3n) is 4.97. The second-order valence-electron chi connectivity index (χ2n) is 6.84. The highest BCUT2D eigenvalue weighted by atomic mass is 32.2. The zero-order chi connectivity index (χ0) is 17.9. The number of rotatable bonds is 5. The Morgan fingerprint density at radius 2 is 2.12 bits per heavy atom. The first-order chi connectivity index (χ1) is 12.7. The molecule has 1 aromatic carbocycles. The van der Waals surface area contributed by atoms with Crippen molar-refractivity contribution in [2.24, 2.45) is 0 Å². The van der Waals surface area contributed by atoms with Gasteiger partial charge in [-0.3, -0.25) is 4.79 Å². The number of aryl methyl sites for hydroxylation is 1. The molecule has 6 nitrogen and oxygen atoms in total. The topological polar surface area (TPSA) is 83.6 Å². The standard InChI is InChI=1S/C19H23N5OS/c1-2-12-8-9-15-14(10-12)17-18(21-15)22-19(24-23-17)26-11-16(25)20-13-6-4-3-5-7-13/h8-10,13H,2-7,11H2,1H3,(H,20,25)(H,21,22,24).